The van der Waals surface area contributed by atoms with Crippen LogP contribution in [0.4, 0.5) is 5.82 Å². The van der Waals surface area contributed by atoms with E-state index in [0.29, 0.717) is 34.6 Å². The Hall–Kier alpha value is -2.72. The van der Waals surface area contributed by atoms with Crippen LogP contribution in [0.2, 0.25) is 0 Å². The Labute approximate surface area is 192 Å². The van der Waals surface area contributed by atoms with Gasteiger partial charge in [0.05, 0.1) is 20.8 Å². The van der Waals surface area contributed by atoms with Gasteiger partial charge in [0.25, 0.3) is 10.0 Å². The Bertz CT molecular complexity index is 1280. The molecule has 3 rings (SSSR count). The zero-order chi connectivity index (χ0) is 25.8. The molecule has 1 N–H and O–H groups in total. The number of aromatic nitrogens is 1. The fourth-order valence-electron chi connectivity index (χ4n) is 3.28. The van der Waals surface area contributed by atoms with Crippen LogP contribution in [-0.2, 0) is 32.7 Å². The van der Waals surface area contributed by atoms with Crippen LogP contribution < -0.4 is 4.31 Å². The van der Waals surface area contributed by atoms with Gasteiger partial charge < -0.3 is 19.1 Å². The van der Waals surface area contributed by atoms with Crippen molar-refractivity contribution in [3.05, 3.63) is 64.9 Å². The van der Waals surface area contributed by atoms with Crippen LogP contribution in [0.1, 0.15) is 32.1 Å². The van der Waals surface area contributed by atoms with E-state index in [0.717, 1.165) is 4.31 Å². The largest absolute Gasteiger partial charge is 0.392 e. The molecule has 0 radical (unpaired) electrons. The Morgan fingerprint density at radius 2 is 2.00 bits per heavy atom. The molecule has 0 aliphatic heterocycles. The number of hydrogen-bond acceptors (Lipinski definition) is 7. The smallest absolute Gasteiger partial charge is 0.268 e. The first-order valence-corrected chi connectivity index (χ1v) is 11.4. The van der Waals surface area contributed by atoms with E-state index in [2.05, 4.69) is 10.3 Å². The van der Waals surface area contributed by atoms with Crippen LogP contribution in [0.3, 0.4) is 0 Å². The molecule has 9 heteroatoms. The van der Waals surface area contributed by atoms with Gasteiger partial charge in [-0.1, -0.05) is 41.6 Å². The van der Waals surface area contributed by atoms with E-state index in [1.54, 1.807) is 38.1 Å². The molecule has 1 heterocycles. The molecule has 0 bridgehead atoms. The van der Waals surface area contributed by atoms with Crippen LogP contribution in [0.5, 0.6) is 0 Å². The van der Waals surface area contributed by atoms with Crippen molar-refractivity contribution in [3.63, 3.8) is 0 Å². The molecule has 0 unspecified atom stereocenters. The molecule has 1 aromatic heterocycles. The first kappa shape index (κ1) is 19.9. The van der Waals surface area contributed by atoms with E-state index in [9.17, 15) is 8.42 Å². The Kier molecular flexibility index (Phi) is 6.39. The lowest BCUT2D eigenvalue weighted by Crippen LogP contribution is -2.34. The highest BCUT2D eigenvalue weighted by Crippen LogP contribution is 2.35. The zero-order valence-electron chi connectivity index (χ0n) is 21.4. The maximum absolute atomic E-state index is 13.9. The van der Waals surface area contributed by atoms with Crippen molar-refractivity contribution in [2.45, 2.75) is 38.8 Å². The first-order valence-electron chi connectivity index (χ1n) is 11.4. The van der Waals surface area contributed by atoms with Gasteiger partial charge in [-0.25, -0.2) is 12.7 Å². The van der Waals surface area contributed by atoms with Gasteiger partial charge >= 0.3 is 0 Å². The average molecular weight is 464 g/mol. The molecular formula is C23H28N2O6S. The highest BCUT2D eigenvalue weighted by Gasteiger charge is 2.32. The minimum absolute atomic E-state index is 0.00218. The molecule has 8 nitrogen and oxygen atoms in total. The summed E-state index contributed by atoms with van der Waals surface area (Å²) in [4.78, 5) is 0.00218. The maximum atomic E-state index is 13.9. The monoisotopic (exact) mass is 463 g/mol. The molecular weight excluding hydrogens is 432 g/mol. The number of hydrogen-bond donors (Lipinski definition) is 1. The van der Waals surface area contributed by atoms with E-state index in [1.807, 2.05) is 6.92 Å². The fourth-order valence-corrected chi connectivity index (χ4v) is 4.87. The number of rotatable bonds is 11. The fraction of sp³-hybridized carbons (Fsp3) is 0.348. The van der Waals surface area contributed by atoms with Crippen LogP contribution in [-0.4, -0.2) is 40.6 Å². The second kappa shape index (κ2) is 10.3. The summed E-state index contributed by atoms with van der Waals surface area (Å²) < 4.78 is 67.7. The summed E-state index contributed by atoms with van der Waals surface area (Å²) in [6.45, 7) is 3.10. The first-order chi connectivity index (χ1) is 16.6. The van der Waals surface area contributed by atoms with Gasteiger partial charge in [-0.15, -0.1) is 0 Å². The number of ether oxygens (including phenoxy) is 2. The summed E-state index contributed by atoms with van der Waals surface area (Å²) in [6, 6.07) is 11.1. The number of methoxy groups -OCH3 is 1. The number of aliphatic hydroxyl groups is 1. The quantitative estimate of drug-likeness (QED) is 0.432. The minimum Gasteiger partial charge on any atom is -0.392 e. The topological polar surface area (TPSA) is 102 Å². The van der Waals surface area contributed by atoms with Crippen LogP contribution in [0.15, 0.2) is 51.9 Å². The Balaban J connectivity index is 2.20. The zero-order valence-corrected chi connectivity index (χ0v) is 19.2. The van der Waals surface area contributed by atoms with Gasteiger partial charge in [-0.05, 0) is 43.5 Å². The summed E-state index contributed by atoms with van der Waals surface area (Å²) in [5.74, 6) is 0.620. The van der Waals surface area contributed by atoms with Crippen LogP contribution in [0.25, 0.3) is 11.1 Å². The van der Waals surface area contributed by atoms with Gasteiger partial charge in [0.15, 0.2) is 5.82 Å². The maximum Gasteiger partial charge on any atom is 0.268 e. The average Bonchev–Trinajstić information content (AvgIpc) is 3.18. The molecule has 0 aliphatic carbocycles. The molecule has 0 atom stereocenters. The van der Waals surface area contributed by atoms with Crippen molar-refractivity contribution < 1.29 is 30.3 Å². The van der Waals surface area contributed by atoms with E-state index in [1.165, 1.54) is 25.3 Å². The molecule has 0 saturated carbocycles. The third-order valence-corrected chi connectivity index (χ3v) is 6.82. The molecule has 0 amide bonds. The van der Waals surface area contributed by atoms with Crippen molar-refractivity contribution in [1.29, 1.82) is 1.43 Å². The molecule has 172 valence electrons. The minimum atomic E-state index is -4.17. The summed E-state index contributed by atoms with van der Waals surface area (Å²) in [7, 11) is -2.78. The van der Waals surface area contributed by atoms with E-state index in [-0.39, 0.29) is 29.6 Å². The molecule has 0 fully saturated rings. The molecule has 0 aliphatic rings. The summed E-state index contributed by atoms with van der Waals surface area (Å²) >= 11 is 0. The van der Waals surface area contributed by atoms with E-state index >= 15 is 0 Å². The highest BCUT2D eigenvalue weighted by atomic mass is 32.2. The van der Waals surface area contributed by atoms with Gasteiger partial charge in [0.1, 0.15) is 12.5 Å². The van der Waals surface area contributed by atoms with Crippen molar-refractivity contribution in [2.75, 3.05) is 24.8 Å². The van der Waals surface area contributed by atoms with Gasteiger partial charge in [0, 0.05) is 24.8 Å². The Morgan fingerprint density at radius 3 is 2.66 bits per heavy atom. The summed E-state index contributed by atoms with van der Waals surface area (Å²) in [6.07, 6.45) is 0. The van der Waals surface area contributed by atoms with Crippen molar-refractivity contribution in [2.24, 2.45) is 0 Å². The van der Waals surface area contributed by atoms with Crippen LogP contribution >= 0.6 is 0 Å². The third-order valence-electron chi connectivity index (χ3n) is 5.05. The standard InChI is InChI=1S/C23H28N2O6S/c1-5-30-14-19-12-18(13-26)10-11-20(19)21-8-6-7-9-22(21)32(27,28)25(15-29-4)23-16(2)17(3)31-24-23/h6-12,26H,5,13-15H2,1-4H3/i13D2,26D. The predicted molar refractivity (Wildman–Crippen MR) is 121 cm³/mol. The lowest BCUT2D eigenvalue weighted by atomic mass is 9.98. The van der Waals surface area contributed by atoms with Crippen molar-refractivity contribution in [3.8, 4) is 11.1 Å². The van der Waals surface area contributed by atoms with E-state index < -0.39 is 16.6 Å². The van der Waals surface area contributed by atoms with Gasteiger partial charge in [0.2, 0.25) is 1.43 Å². The Morgan fingerprint density at radius 1 is 1.22 bits per heavy atom. The third kappa shape index (κ3) is 4.71. The molecule has 32 heavy (non-hydrogen) atoms. The van der Waals surface area contributed by atoms with Crippen molar-refractivity contribution in [1.82, 2.24) is 5.16 Å². The summed E-state index contributed by atoms with van der Waals surface area (Å²) in [5, 5.41) is 8.17. The molecule has 0 saturated heterocycles. The predicted octanol–water partition coefficient (Wildman–Crippen LogP) is 3.79. The lowest BCUT2D eigenvalue weighted by molar-refractivity contribution is 0.134. The highest BCUT2D eigenvalue weighted by molar-refractivity contribution is 7.93. The van der Waals surface area contributed by atoms with Gasteiger partial charge in [-0.3, -0.25) is 0 Å². The number of sulfonamides is 1. The normalized spacial score (nSPS) is 13.4. The van der Waals surface area contributed by atoms with Crippen molar-refractivity contribution >= 4 is 15.8 Å². The number of aryl methyl sites for hydroxylation is 1. The summed E-state index contributed by atoms with van der Waals surface area (Å²) in [5.41, 5.74) is 2.15. The van der Waals surface area contributed by atoms with Gasteiger partial charge in [-0.2, -0.15) is 0 Å². The SMILES string of the molecule is [2H]OC([2H])([2H])c1ccc(-c2ccccc2S(=O)(=O)N(COC)c2noc(C)c2C)c(COCC)c1. The van der Waals surface area contributed by atoms with Crippen LogP contribution in [0, 0.1) is 13.8 Å². The second-order valence-electron chi connectivity index (χ2n) is 7.07. The number of anilines is 1. The lowest BCUT2D eigenvalue weighted by Gasteiger charge is -2.23. The molecule has 2 aromatic carbocycles. The molecule has 3 aromatic rings. The second-order valence-corrected chi connectivity index (χ2v) is 8.90. The molecule has 0 spiro atoms. The van der Waals surface area contributed by atoms with E-state index in [4.69, 9.17) is 18.2 Å². The number of nitrogens with zero attached hydrogens (tertiary/aromatic N) is 2. The number of benzene rings is 2.